The number of hydrogen-bond acceptors (Lipinski definition) is 1. The topological polar surface area (TPSA) is 9.23 Å². The van der Waals surface area contributed by atoms with Gasteiger partial charge in [0, 0.05) is 0 Å². The van der Waals surface area contributed by atoms with Gasteiger partial charge in [-0.3, -0.25) is 0 Å². The molecule has 0 N–H and O–H groups in total. The third kappa shape index (κ3) is 7.05. The van der Waals surface area contributed by atoms with Crippen LogP contribution >= 0.6 is 0 Å². The number of alkyl halides is 38. The van der Waals surface area contributed by atoms with Crippen molar-refractivity contribution in [2.75, 3.05) is 13.2 Å². The van der Waals surface area contributed by atoms with Crippen LogP contribution < -0.4 is 0 Å². The number of halogens is 38. The predicted molar refractivity (Wildman–Crippen MR) is 102 cm³/mol. The fraction of sp³-hybridized carbons (Fsp3) is 1.00. The van der Waals surface area contributed by atoms with Gasteiger partial charge in [-0.2, -0.15) is 158 Å². The molecule has 0 aromatic rings. The zero-order valence-electron chi connectivity index (χ0n) is 25.2. The normalized spacial score (nSPS) is 17.2. The van der Waals surface area contributed by atoms with E-state index in [1.54, 1.807) is 0 Å². The Morgan fingerprint density at radius 1 is 0.186 bits per heavy atom. The van der Waals surface area contributed by atoms with Crippen LogP contribution in [0.4, 0.5) is 167 Å². The predicted octanol–water partition coefficient (Wildman–Crippen LogP) is 12.3. The van der Waals surface area contributed by atoms with E-state index in [0.29, 0.717) is 0 Å². The lowest BCUT2D eigenvalue weighted by atomic mass is 9.83. The lowest BCUT2D eigenvalue weighted by Crippen LogP contribution is -2.78. The van der Waals surface area contributed by atoms with Gasteiger partial charge < -0.3 is 4.74 Å². The maximum atomic E-state index is 13.8. The summed E-state index contributed by atoms with van der Waals surface area (Å²) in [6.45, 7) is -9.70. The first-order valence-corrected chi connectivity index (χ1v) is 12.5. The maximum absolute atomic E-state index is 13.8. The molecule has 0 aromatic heterocycles. The van der Waals surface area contributed by atoms with E-state index >= 15 is 0 Å². The summed E-state index contributed by atoms with van der Waals surface area (Å²) in [6, 6.07) is 0. The second-order valence-electron chi connectivity index (χ2n) is 11.0. The van der Waals surface area contributed by atoms with Crippen LogP contribution in [-0.2, 0) is 4.74 Å². The van der Waals surface area contributed by atoms with Gasteiger partial charge in [0.15, 0.2) is 0 Å². The molecule has 0 atom stereocenters. The van der Waals surface area contributed by atoms with Crippen LogP contribution in [0.25, 0.3) is 0 Å². The highest BCUT2D eigenvalue weighted by molar-refractivity contribution is 5.21. The summed E-state index contributed by atoms with van der Waals surface area (Å²) in [7, 11) is 0. The highest BCUT2D eigenvalue weighted by Crippen LogP contribution is 2.68. The van der Waals surface area contributed by atoms with Gasteiger partial charge in [0.1, 0.15) is 13.2 Å². The molecule has 0 aliphatic carbocycles. The molecular weight excluding hydrogens is 978 g/mol. The highest BCUT2D eigenvalue weighted by Gasteiger charge is 3.00. The van der Waals surface area contributed by atoms with Crippen LogP contribution in [-0.4, -0.2) is 120 Å². The SMILES string of the molecule is FC(F)(F)C(F)(C(F)(F)F)C(F)(F)C(F)(F)C(F)(F)C(F)(F)C(F)(F)C(F)(F)COCC(F)(F)C(F)(F)C(F)(F)C(F)(F)C(F)(F)C(F)(F)C(F)(C(F)(F)F)C(F)(F)F. The summed E-state index contributed by atoms with van der Waals surface area (Å²) in [5, 5.41) is 0. The lowest BCUT2D eigenvalue weighted by Gasteiger charge is -2.45. The fourth-order valence-corrected chi connectivity index (χ4v) is 3.60. The minimum atomic E-state index is -9.70. The van der Waals surface area contributed by atoms with Gasteiger partial charge in [0.2, 0.25) is 0 Å². The van der Waals surface area contributed by atoms with Crippen molar-refractivity contribution in [2.45, 2.75) is 107 Å². The summed E-state index contributed by atoms with van der Waals surface area (Å²) in [6.07, 6.45) is -34.9. The Hall–Kier alpha value is -2.70. The Labute approximate surface area is 293 Å². The van der Waals surface area contributed by atoms with Crippen molar-refractivity contribution in [1.82, 2.24) is 0 Å². The van der Waals surface area contributed by atoms with Crippen LogP contribution in [0.1, 0.15) is 0 Å². The van der Waals surface area contributed by atoms with E-state index in [1.165, 1.54) is 0 Å². The fourth-order valence-electron chi connectivity index (χ4n) is 3.60. The average Bonchev–Trinajstić information content (AvgIpc) is 2.96. The summed E-state index contributed by atoms with van der Waals surface area (Å²) in [5.41, 5.74) is -18.5. The van der Waals surface area contributed by atoms with Crippen molar-refractivity contribution >= 4 is 0 Å². The van der Waals surface area contributed by atoms with Gasteiger partial charge in [-0.1, -0.05) is 0 Å². The first-order chi connectivity index (χ1) is 24.7. The third-order valence-corrected chi connectivity index (χ3v) is 7.07. The first kappa shape index (κ1) is 56.3. The van der Waals surface area contributed by atoms with E-state index in [-0.39, 0.29) is 0 Å². The highest BCUT2D eigenvalue weighted by atomic mass is 19.5. The van der Waals surface area contributed by atoms with Crippen molar-refractivity contribution in [3.05, 3.63) is 0 Å². The third-order valence-electron chi connectivity index (χ3n) is 7.07. The molecule has 0 aliphatic rings. The molecule has 0 aliphatic heterocycles. The second kappa shape index (κ2) is 13.9. The van der Waals surface area contributed by atoms with Crippen LogP contribution in [0.2, 0.25) is 0 Å². The summed E-state index contributed by atoms with van der Waals surface area (Å²) >= 11 is 0. The molecule has 0 amide bonds. The molecule has 0 bridgehead atoms. The van der Waals surface area contributed by atoms with Crippen LogP contribution in [0.3, 0.4) is 0 Å². The molecular formula is C20H4F38O. The Kier molecular flexibility index (Phi) is 13.3. The van der Waals surface area contributed by atoms with Gasteiger partial charge >= 0.3 is 107 Å². The van der Waals surface area contributed by atoms with Crippen molar-refractivity contribution in [2.24, 2.45) is 0 Å². The summed E-state index contributed by atoms with van der Waals surface area (Å²) in [5.74, 6) is -111. The number of hydrogen-bond donors (Lipinski definition) is 0. The van der Waals surface area contributed by atoms with E-state index in [9.17, 15) is 167 Å². The van der Waals surface area contributed by atoms with E-state index in [0.717, 1.165) is 0 Å². The van der Waals surface area contributed by atoms with Crippen molar-refractivity contribution in [3.63, 3.8) is 0 Å². The molecule has 1 nitrogen and oxygen atoms in total. The molecule has 0 aromatic carbocycles. The molecule has 59 heavy (non-hydrogen) atoms. The number of rotatable bonds is 16. The Bertz CT molecular complexity index is 1340. The molecule has 0 saturated carbocycles. The van der Waals surface area contributed by atoms with Crippen molar-refractivity contribution in [3.8, 4) is 0 Å². The van der Waals surface area contributed by atoms with Gasteiger partial charge in [-0.15, -0.1) is 0 Å². The van der Waals surface area contributed by atoms with Crippen molar-refractivity contribution in [1.29, 1.82) is 0 Å². The van der Waals surface area contributed by atoms with Crippen LogP contribution in [0.5, 0.6) is 0 Å². The van der Waals surface area contributed by atoms with Crippen LogP contribution in [0, 0.1) is 0 Å². The molecule has 0 saturated heterocycles. The van der Waals surface area contributed by atoms with E-state index < -0.39 is 120 Å². The molecule has 0 unspecified atom stereocenters. The number of ether oxygens (including phenoxy) is 1. The Balaban J connectivity index is 7.10. The standard InChI is InChI=1S/C20H4F38O/c21-3(22,7(27,28)11(35,36)15(43,44)13(39,40)9(31,32)5(25,17(47,48)49)18(50,51)52)1-59-2-4(23,24)8(29,30)12(37,38)16(45,46)14(41,42)10(33,34)6(26,19(53,54)55)20(56,57)58/h1-2H2. The minimum absolute atomic E-state index is 2.14. The maximum Gasteiger partial charge on any atom is 0.438 e. The minimum Gasteiger partial charge on any atom is -0.368 e. The van der Waals surface area contributed by atoms with E-state index in [1.807, 2.05) is 0 Å². The van der Waals surface area contributed by atoms with Gasteiger partial charge in [0.25, 0.3) is 0 Å². The summed E-state index contributed by atoms with van der Waals surface area (Å²) in [4.78, 5) is 0. The quantitative estimate of drug-likeness (QED) is 0.140. The molecule has 356 valence electrons. The van der Waals surface area contributed by atoms with E-state index in [4.69, 9.17) is 0 Å². The largest absolute Gasteiger partial charge is 0.438 e. The van der Waals surface area contributed by atoms with Gasteiger partial charge in [-0.25, -0.2) is 8.78 Å². The first-order valence-electron chi connectivity index (χ1n) is 12.5. The molecule has 0 spiro atoms. The zero-order valence-corrected chi connectivity index (χ0v) is 25.2. The van der Waals surface area contributed by atoms with Crippen LogP contribution in [0.15, 0.2) is 0 Å². The van der Waals surface area contributed by atoms with Crippen molar-refractivity contribution < 1.29 is 172 Å². The second-order valence-corrected chi connectivity index (χ2v) is 11.0. The Morgan fingerprint density at radius 3 is 0.475 bits per heavy atom. The summed E-state index contributed by atoms with van der Waals surface area (Å²) < 4.78 is 508. The van der Waals surface area contributed by atoms with Gasteiger partial charge in [-0.05, 0) is 0 Å². The smallest absolute Gasteiger partial charge is 0.368 e. The van der Waals surface area contributed by atoms with Gasteiger partial charge in [0.05, 0.1) is 0 Å². The molecule has 0 radical (unpaired) electrons. The molecule has 0 rings (SSSR count). The molecule has 39 heteroatoms. The molecule has 0 fully saturated rings. The Morgan fingerprint density at radius 2 is 0.322 bits per heavy atom. The monoisotopic (exact) mass is 982 g/mol. The van der Waals surface area contributed by atoms with E-state index in [2.05, 4.69) is 4.74 Å². The molecule has 0 heterocycles. The lowest BCUT2D eigenvalue weighted by molar-refractivity contribution is -0.474. The zero-order chi connectivity index (χ0) is 49.1. The average molecular weight is 982 g/mol.